The lowest BCUT2D eigenvalue weighted by atomic mass is 9.67. The fraction of sp³-hybridized carbons (Fsp3) is 0.929. The summed E-state index contributed by atoms with van der Waals surface area (Å²) >= 11 is 0. The van der Waals surface area contributed by atoms with Crippen molar-refractivity contribution in [3.05, 3.63) is 0 Å². The van der Waals surface area contributed by atoms with Crippen molar-refractivity contribution >= 4 is 5.96 Å². The molecule has 0 aromatic carbocycles. The molecule has 1 fully saturated rings. The van der Waals surface area contributed by atoms with E-state index in [2.05, 4.69) is 15.6 Å². The van der Waals surface area contributed by atoms with E-state index in [4.69, 9.17) is 4.74 Å². The van der Waals surface area contributed by atoms with Crippen LogP contribution in [0.4, 0.5) is 13.2 Å². The molecule has 1 rings (SSSR count). The Morgan fingerprint density at radius 2 is 2.00 bits per heavy atom. The monoisotopic (exact) mass is 309 g/mol. The van der Waals surface area contributed by atoms with E-state index in [0.29, 0.717) is 25.7 Å². The van der Waals surface area contributed by atoms with Crippen LogP contribution < -0.4 is 10.6 Å². The van der Waals surface area contributed by atoms with Gasteiger partial charge >= 0.3 is 6.18 Å². The van der Waals surface area contributed by atoms with Crippen LogP contribution in [0.5, 0.6) is 0 Å². The molecule has 2 N–H and O–H groups in total. The third-order valence-electron chi connectivity index (χ3n) is 3.87. The van der Waals surface area contributed by atoms with Gasteiger partial charge in [-0.15, -0.1) is 0 Å². The highest BCUT2D eigenvalue weighted by Crippen LogP contribution is 2.44. The second kappa shape index (κ2) is 8.46. The molecule has 21 heavy (non-hydrogen) atoms. The molecule has 0 amide bonds. The van der Waals surface area contributed by atoms with Gasteiger partial charge in [-0.2, -0.15) is 13.2 Å². The third kappa shape index (κ3) is 7.02. The smallest absolute Gasteiger partial charge is 0.385 e. The van der Waals surface area contributed by atoms with Crippen LogP contribution in [-0.2, 0) is 4.74 Å². The summed E-state index contributed by atoms with van der Waals surface area (Å²) in [4.78, 5) is 4.45. The predicted octanol–water partition coefficient (Wildman–Crippen LogP) is 2.70. The van der Waals surface area contributed by atoms with Crippen molar-refractivity contribution in [2.24, 2.45) is 10.4 Å². The summed E-state index contributed by atoms with van der Waals surface area (Å²) in [6.45, 7) is 3.71. The van der Waals surface area contributed by atoms with Crippen molar-refractivity contribution < 1.29 is 17.9 Å². The number of nitrogens with one attached hydrogen (secondary N) is 2. The Hall–Kier alpha value is -0.980. The topological polar surface area (TPSA) is 45.7 Å². The number of ether oxygens (including phenoxy) is 1. The second-order valence-corrected chi connectivity index (χ2v) is 5.58. The molecule has 0 bridgehead atoms. The van der Waals surface area contributed by atoms with E-state index >= 15 is 0 Å². The van der Waals surface area contributed by atoms with Gasteiger partial charge in [-0.1, -0.05) is 6.42 Å². The van der Waals surface area contributed by atoms with Crippen LogP contribution in [0.3, 0.4) is 0 Å². The van der Waals surface area contributed by atoms with Gasteiger partial charge in [-0.25, -0.2) is 0 Å². The molecule has 0 heterocycles. The zero-order valence-corrected chi connectivity index (χ0v) is 12.9. The van der Waals surface area contributed by atoms with Crippen LogP contribution in [0.2, 0.25) is 0 Å². The Kier molecular flexibility index (Phi) is 7.28. The Morgan fingerprint density at radius 3 is 2.48 bits per heavy atom. The molecule has 0 atom stereocenters. The largest absolute Gasteiger partial charge is 0.390 e. The van der Waals surface area contributed by atoms with Crippen molar-refractivity contribution in [3.63, 3.8) is 0 Å². The first-order chi connectivity index (χ1) is 9.91. The van der Waals surface area contributed by atoms with Gasteiger partial charge < -0.3 is 15.4 Å². The highest BCUT2D eigenvalue weighted by Gasteiger charge is 2.36. The zero-order valence-electron chi connectivity index (χ0n) is 12.9. The lowest BCUT2D eigenvalue weighted by Crippen LogP contribution is -2.41. The molecule has 0 unspecified atom stereocenters. The van der Waals surface area contributed by atoms with Crippen LogP contribution in [0.1, 0.15) is 39.0 Å². The highest BCUT2D eigenvalue weighted by molar-refractivity contribution is 5.79. The molecular formula is C14H26F3N3O. The van der Waals surface area contributed by atoms with Gasteiger partial charge in [0, 0.05) is 33.4 Å². The molecule has 0 radical (unpaired) electrons. The Morgan fingerprint density at radius 1 is 1.29 bits per heavy atom. The number of halogens is 3. The van der Waals surface area contributed by atoms with Gasteiger partial charge in [0.15, 0.2) is 5.96 Å². The predicted molar refractivity (Wildman–Crippen MR) is 77.4 cm³/mol. The highest BCUT2D eigenvalue weighted by atomic mass is 19.4. The first-order valence-electron chi connectivity index (χ1n) is 7.49. The van der Waals surface area contributed by atoms with E-state index < -0.39 is 12.6 Å². The van der Waals surface area contributed by atoms with Crippen molar-refractivity contribution in [2.75, 3.05) is 33.4 Å². The summed E-state index contributed by atoms with van der Waals surface area (Å²) in [5.41, 5.74) is 0.169. The standard InChI is InChI=1S/C14H26F3N3O/c1-3-18-12(19-9-7-14(15,16)17)20-11-13(5-4-6-13)8-10-21-2/h3-11H2,1-2H3,(H2,18,19,20). The van der Waals surface area contributed by atoms with Gasteiger partial charge in [0.25, 0.3) is 0 Å². The molecule has 0 aromatic heterocycles. The summed E-state index contributed by atoms with van der Waals surface area (Å²) in [6.07, 6.45) is -0.625. The van der Waals surface area contributed by atoms with E-state index in [-0.39, 0.29) is 12.0 Å². The normalized spacial score (nSPS) is 18.2. The van der Waals surface area contributed by atoms with E-state index in [1.165, 1.54) is 6.42 Å². The fourth-order valence-electron chi connectivity index (χ4n) is 2.39. The second-order valence-electron chi connectivity index (χ2n) is 5.58. The van der Waals surface area contributed by atoms with Gasteiger partial charge in [-0.05, 0) is 31.6 Å². The Balaban J connectivity index is 2.46. The van der Waals surface area contributed by atoms with Gasteiger partial charge in [0.2, 0.25) is 0 Å². The number of nitrogens with zero attached hydrogens (tertiary/aromatic N) is 1. The molecular weight excluding hydrogens is 283 g/mol. The van der Waals surface area contributed by atoms with Crippen LogP contribution in [-0.4, -0.2) is 45.5 Å². The molecule has 0 spiro atoms. The van der Waals surface area contributed by atoms with Gasteiger partial charge in [0.05, 0.1) is 6.42 Å². The number of guanidine groups is 1. The van der Waals surface area contributed by atoms with E-state index in [1.54, 1.807) is 7.11 Å². The van der Waals surface area contributed by atoms with E-state index in [0.717, 1.165) is 19.3 Å². The van der Waals surface area contributed by atoms with Crippen LogP contribution in [0.15, 0.2) is 4.99 Å². The van der Waals surface area contributed by atoms with Crippen LogP contribution in [0, 0.1) is 5.41 Å². The molecule has 1 aliphatic carbocycles. The molecule has 0 aromatic rings. The van der Waals surface area contributed by atoms with Gasteiger partial charge in [-0.3, -0.25) is 4.99 Å². The minimum atomic E-state index is -4.14. The minimum Gasteiger partial charge on any atom is -0.385 e. The maximum atomic E-state index is 12.2. The first-order valence-corrected chi connectivity index (χ1v) is 7.49. The van der Waals surface area contributed by atoms with Crippen LogP contribution in [0.25, 0.3) is 0 Å². The first kappa shape index (κ1) is 18.1. The molecule has 7 heteroatoms. The SMILES string of the molecule is CCNC(=NCC1(CCOC)CCC1)NCCC(F)(F)F. The number of aliphatic imine (C=N–C) groups is 1. The molecule has 1 aliphatic rings. The summed E-state index contributed by atoms with van der Waals surface area (Å²) < 4.78 is 41.6. The number of hydrogen-bond acceptors (Lipinski definition) is 2. The van der Waals surface area contributed by atoms with Crippen molar-refractivity contribution in [1.82, 2.24) is 10.6 Å². The number of alkyl halides is 3. The average molecular weight is 309 g/mol. The lowest BCUT2D eigenvalue weighted by molar-refractivity contribution is -0.132. The Labute approximate surface area is 124 Å². The lowest BCUT2D eigenvalue weighted by Gasteiger charge is -2.40. The number of hydrogen-bond donors (Lipinski definition) is 2. The third-order valence-corrected chi connectivity index (χ3v) is 3.87. The molecule has 0 aliphatic heterocycles. The van der Waals surface area contributed by atoms with Crippen molar-refractivity contribution in [1.29, 1.82) is 0 Å². The van der Waals surface area contributed by atoms with Crippen LogP contribution >= 0.6 is 0 Å². The summed E-state index contributed by atoms with van der Waals surface area (Å²) in [5, 5.41) is 5.73. The molecule has 124 valence electrons. The number of methoxy groups -OCH3 is 1. The summed E-state index contributed by atoms with van der Waals surface area (Å²) in [5.74, 6) is 0.463. The maximum Gasteiger partial charge on any atom is 0.390 e. The van der Waals surface area contributed by atoms with E-state index in [1.807, 2.05) is 6.92 Å². The minimum absolute atomic E-state index is 0.152. The fourth-order valence-corrected chi connectivity index (χ4v) is 2.39. The zero-order chi connectivity index (χ0) is 15.8. The average Bonchev–Trinajstić information content (AvgIpc) is 2.35. The van der Waals surface area contributed by atoms with E-state index in [9.17, 15) is 13.2 Å². The van der Waals surface area contributed by atoms with Crippen molar-refractivity contribution in [2.45, 2.75) is 45.2 Å². The van der Waals surface area contributed by atoms with Gasteiger partial charge in [0.1, 0.15) is 0 Å². The molecule has 4 nitrogen and oxygen atoms in total. The summed E-state index contributed by atoms with van der Waals surface area (Å²) in [7, 11) is 1.68. The molecule has 1 saturated carbocycles. The maximum absolute atomic E-state index is 12.2. The summed E-state index contributed by atoms with van der Waals surface area (Å²) in [6, 6.07) is 0. The quantitative estimate of drug-likeness (QED) is 0.535. The number of rotatable bonds is 8. The van der Waals surface area contributed by atoms with Crippen molar-refractivity contribution in [3.8, 4) is 0 Å². The molecule has 0 saturated heterocycles. The Bertz CT molecular complexity index is 328.